The number of nitrogens with one attached hydrogen (secondary N) is 1. The molecule has 0 radical (unpaired) electrons. The number of H-pyrrole nitrogens is 1. The molecule has 1 saturated carbocycles. The van der Waals surface area contributed by atoms with E-state index in [1.165, 1.54) is 18.9 Å². The van der Waals surface area contributed by atoms with Crippen LogP contribution in [0.5, 0.6) is 5.75 Å². The second-order valence-corrected chi connectivity index (χ2v) is 15.4. The van der Waals surface area contributed by atoms with E-state index in [9.17, 15) is 18.0 Å². The molecular weight excluding hydrogens is 657 g/mol. The molecule has 4 aliphatic heterocycles. The molecule has 268 valence electrons. The number of ether oxygens (including phenoxy) is 1. The van der Waals surface area contributed by atoms with Crippen molar-refractivity contribution in [1.29, 1.82) is 0 Å². The lowest BCUT2D eigenvalue weighted by atomic mass is 9.72. The van der Waals surface area contributed by atoms with Crippen LogP contribution in [0.2, 0.25) is 0 Å². The first-order valence-corrected chi connectivity index (χ1v) is 18.3. The van der Waals surface area contributed by atoms with E-state index in [2.05, 4.69) is 37.5 Å². The number of aromatic nitrogens is 4. The van der Waals surface area contributed by atoms with E-state index in [0.29, 0.717) is 23.1 Å². The number of hydrogen-bond acceptors (Lipinski definition) is 8. The molecule has 51 heavy (non-hydrogen) atoms. The molecule has 1 spiro atoms. The standard InChI is InChI=1S/C38H43F3N8O2/c1-3-30(50)49-20-37(21-49)10-14-47(15-11-37)35-27-16-26(24-7-8-24)32(31-23(2)6-9-29-28(31)17-42-45-29)34(51-22-38(39,40)41)33(27)43-36(44-35)48-18-25(19-48)46-12-4-5-13-46/h3,6,9,16-17,24-25H,1,4-5,7-8,10-15,18-22H2,2H3,(H,42,45). The van der Waals surface area contributed by atoms with Crippen LogP contribution in [0.4, 0.5) is 24.9 Å². The topological polar surface area (TPSA) is 93.7 Å². The highest BCUT2D eigenvalue weighted by atomic mass is 19.4. The summed E-state index contributed by atoms with van der Waals surface area (Å²) < 4.78 is 48.1. The Morgan fingerprint density at radius 1 is 1.04 bits per heavy atom. The average molecular weight is 701 g/mol. The lowest BCUT2D eigenvalue weighted by molar-refractivity contribution is -0.153. The Morgan fingerprint density at radius 3 is 2.47 bits per heavy atom. The molecule has 2 aromatic carbocycles. The summed E-state index contributed by atoms with van der Waals surface area (Å²) in [6, 6.07) is 6.49. The van der Waals surface area contributed by atoms with Gasteiger partial charge in [0, 0.05) is 67.1 Å². The minimum absolute atomic E-state index is 0.0348. The van der Waals surface area contributed by atoms with Gasteiger partial charge in [0.25, 0.3) is 0 Å². The Kier molecular flexibility index (Phi) is 7.71. The second-order valence-electron chi connectivity index (χ2n) is 15.4. The first-order chi connectivity index (χ1) is 24.6. The van der Waals surface area contributed by atoms with Gasteiger partial charge in [-0.3, -0.25) is 14.8 Å². The summed E-state index contributed by atoms with van der Waals surface area (Å²) in [5.74, 6) is 1.59. The molecular formula is C38H43F3N8O2. The van der Waals surface area contributed by atoms with Crippen molar-refractivity contribution in [3.05, 3.63) is 48.2 Å². The number of piperidine rings is 1. The zero-order valence-corrected chi connectivity index (χ0v) is 28.9. The summed E-state index contributed by atoms with van der Waals surface area (Å²) in [7, 11) is 0. The molecule has 13 heteroatoms. The second kappa shape index (κ2) is 12.1. The summed E-state index contributed by atoms with van der Waals surface area (Å²) in [6.07, 6.45) is 4.67. The molecule has 1 aliphatic carbocycles. The number of nitrogens with zero attached hydrogens (tertiary/aromatic N) is 7. The van der Waals surface area contributed by atoms with E-state index in [1.807, 2.05) is 24.0 Å². The van der Waals surface area contributed by atoms with E-state index >= 15 is 0 Å². The Labute approximate surface area is 294 Å². The molecule has 6 heterocycles. The number of rotatable bonds is 8. The van der Waals surface area contributed by atoms with Gasteiger partial charge < -0.3 is 19.4 Å². The maximum absolute atomic E-state index is 14.1. The van der Waals surface area contributed by atoms with Crippen LogP contribution in [0.1, 0.15) is 55.6 Å². The molecule has 4 saturated heterocycles. The lowest BCUT2D eigenvalue weighted by Crippen LogP contribution is -2.61. The molecule has 9 rings (SSSR count). The highest BCUT2D eigenvalue weighted by Crippen LogP contribution is 2.53. The van der Waals surface area contributed by atoms with Crippen molar-refractivity contribution in [3.8, 4) is 16.9 Å². The normalized spacial score (nSPS) is 21.1. The van der Waals surface area contributed by atoms with Crippen LogP contribution in [-0.2, 0) is 4.79 Å². The van der Waals surface area contributed by atoms with Gasteiger partial charge in [0.05, 0.1) is 11.7 Å². The molecule has 10 nitrogen and oxygen atoms in total. The number of aryl methyl sites for hydroxylation is 1. The summed E-state index contributed by atoms with van der Waals surface area (Å²) in [5.41, 5.74) is 4.68. The van der Waals surface area contributed by atoms with Gasteiger partial charge in [-0.05, 0) is 99.4 Å². The molecule has 0 bridgehead atoms. The fourth-order valence-electron chi connectivity index (χ4n) is 8.85. The third-order valence-corrected chi connectivity index (χ3v) is 11.9. The highest BCUT2D eigenvalue weighted by Gasteiger charge is 2.47. The molecule has 0 atom stereocenters. The first-order valence-electron chi connectivity index (χ1n) is 18.3. The Morgan fingerprint density at radius 2 is 1.78 bits per heavy atom. The van der Waals surface area contributed by atoms with Gasteiger partial charge in [-0.15, -0.1) is 0 Å². The van der Waals surface area contributed by atoms with Crippen LogP contribution < -0.4 is 14.5 Å². The summed E-state index contributed by atoms with van der Waals surface area (Å²) in [5, 5.41) is 8.90. The number of aromatic amines is 1. The van der Waals surface area contributed by atoms with E-state index in [1.54, 1.807) is 6.20 Å². The van der Waals surface area contributed by atoms with Crippen LogP contribution >= 0.6 is 0 Å². The lowest BCUT2D eigenvalue weighted by Gasteiger charge is -2.54. The average Bonchev–Trinajstić information content (AvgIpc) is 3.56. The summed E-state index contributed by atoms with van der Waals surface area (Å²) in [6.45, 7) is 10.8. The zero-order valence-electron chi connectivity index (χ0n) is 28.9. The maximum atomic E-state index is 14.1. The highest BCUT2D eigenvalue weighted by molar-refractivity contribution is 6.06. The van der Waals surface area contributed by atoms with Gasteiger partial charge in [0.2, 0.25) is 11.9 Å². The van der Waals surface area contributed by atoms with Gasteiger partial charge in [0.15, 0.2) is 12.4 Å². The van der Waals surface area contributed by atoms with E-state index in [0.717, 1.165) is 117 Å². The SMILES string of the molecule is C=CC(=O)N1CC2(CCN(c3nc(N4CC(N5CCCC5)C4)nc4c(OCC(F)(F)F)c(-c5c(C)ccc6[nH]ncc56)c(C5CC5)cc34)CC2)C1. The monoisotopic (exact) mass is 700 g/mol. The number of halogens is 3. The van der Waals surface area contributed by atoms with E-state index in [-0.39, 0.29) is 23.0 Å². The molecule has 5 aliphatic rings. The number of fused-ring (bicyclic) bond motifs is 2. The van der Waals surface area contributed by atoms with Crippen LogP contribution in [0.3, 0.4) is 0 Å². The molecule has 2 aromatic heterocycles. The number of likely N-dealkylation sites (tertiary alicyclic amines) is 2. The van der Waals surface area contributed by atoms with Gasteiger partial charge in [-0.1, -0.05) is 12.6 Å². The number of carbonyl (C=O) groups excluding carboxylic acids is 1. The number of anilines is 2. The number of hydrogen-bond donors (Lipinski definition) is 1. The minimum atomic E-state index is -4.54. The number of alkyl halides is 3. The van der Waals surface area contributed by atoms with E-state index in [4.69, 9.17) is 14.7 Å². The molecule has 4 aromatic rings. The van der Waals surface area contributed by atoms with Crippen LogP contribution in [-0.4, -0.2) is 107 Å². The van der Waals surface area contributed by atoms with Crippen LogP contribution in [0.25, 0.3) is 32.9 Å². The van der Waals surface area contributed by atoms with Crippen molar-refractivity contribution in [2.75, 3.05) is 68.8 Å². The fourth-order valence-corrected chi connectivity index (χ4v) is 8.85. The van der Waals surface area contributed by atoms with Crippen molar-refractivity contribution in [3.63, 3.8) is 0 Å². The minimum Gasteiger partial charge on any atom is -0.481 e. The predicted molar refractivity (Wildman–Crippen MR) is 190 cm³/mol. The maximum Gasteiger partial charge on any atom is 0.422 e. The van der Waals surface area contributed by atoms with Crippen molar-refractivity contribution in [2.24, 2.45) is 5.41 Å². The number of carbonyl (C=O) groups is 1. The predicted octanol–water partition coefficient (Wildman–Crippen LogP) is 6.20. The quantitative estimate of drug-likeness (QED) is 0.218. The van der Waals surface area contributed by atoms with Crippen molar-refractivity contribution < 1.29 is 22.7 Å². The van der Waals surface area contributed by atoms with Crippen LogP contribution in [0, 0.1) is 12.3 Å². The Balaban J connectivity index is 1.19. The van der Waals surface area contributed by atoms with Crippen molar-refractivity contribution in [1.82, 2.24) is 30.0 Å². The van der Waals surface area contributed by atoms with Crippen molar-refractivity contribution in [2.45, 2.75) is 63.6 Å². The third-order valence-electron chi connectivity index (χ3n) is 11.9. The number of amides is 1. The van der Waals surface area contributed by atoms with Gasteiger partial charge in [0.1, 0.15) is 11.3 Å². The Bertz CT molecular complexity index is 2010. The van der Waals surface area contributed by atoms with Gasteiger partial charge in [-0.2, -0.15) is 23.3 Å². The van der Waals surface area contributed by atoms with Gasteiger partial charge >= 0.3 is 6.18 Å². The molecule has 1 amide bonds. The molecule has 1 N–H and O–H groups in total. The van der Waals surface area contributed by atoms with Gasteiger partial charge in [-0.25, -0.2) is 4.98 Å². The first kappa shape index (κ1) is 32.5. The summed E-state index contributed by atoms with van der Waals surface area (Å²) >= 11 is 0. The largest absolute Gasteiger partial charge is 0.481 e. The molecule has 5 fully saturated rings. The fraction of sp³-hybridized carbons (Fsp3) is 0.526. The number of benzene rings is 2. The smallest absolute Gasteiger partial charge is 0.422 e. The summed E-state index contributed by atoms with van der Waals surface area (Å²) in [4.78, 5) is 31.4. The van der Waals surface area contributed by atoms with Crippen molar-refractivity contribution >= 4 is 39.5 Å². The molecule has 0 unspecified atom stereocenters. The van der Waals surface area contributed by atoms with Crippen LogP contribution in [0.15, 0.2) is 37.1 Å². The Hall–Kier alpha value is -4.39. The zero-order chi connectivity index (χ0) is 35.1. The third kappa shape index (κ3) is 5.77. The van der Waals surface area contributed by atoms with E-state index < -0.39 is 12.8 Å².